The Morgan fingerprint density at radius 2 is 2.10 bits per heavy atom. The maximum absolute atomic E-state index is 12.3. The van der Waals surface area contributed by atoms with Crippen LogP contribution in [0.15, 0.2) is 10.9 Å². The molecule has 0 aromatic carbocycles. The lowest BCUT2D eigenvalue weighted by atomic mass is 10.1. The largest absolute Gasteiger partial charge is 0.342 e. The summed E-state index contributed by atoms with van der Waals surface area (Å²) in [5.74, 6) is 0.930. The number of aromatic nitrogens is 4. The molecule has 3 heterocycles. The van der Waals surface area contributed by atoms with Gasteiger partial charge >= 0.3 is 0 Å². The number of nitrogens with zero attached hydrogens (tertiary/aromatic N) is 5. The second kappa shape index (κ2) is 5.59. The van der Waals surface area contributed by atoms with Crippen LogP contribution >= 0.6 is 0 Å². The Balaban J connectivity index is 1.69. The van der Waals surface area contributed by atoms with Gasteiger partial charge in [-0.2, -0.15) is 4.98 Å². The summed E-state index contributed by atoms with van der Waals surface area (Å²) in [5, 5.41) is 3.70. The van der Waals surface area contributed by atoms with E-state index in [9.17, 15) is 4.79 Å². The molecule has 0 fully saturated rings. The summed E-state index contributed by atoms with van der Waals surface area (Å²) < 4.78 is 5.01. The first-order chi connectivity index (χ1) is 10.1. The van der Waals surface area contributed by atoms with Crippen molar-refractivity contribution in [3.05, 3.63) is 35.0 Å². The highest BCUT2D eigenvalue weighted by Gasteiger charge is 2.22. The van der Waals surface area contributed by atoms with Gasteiger partial charge in [-0.15, -0.1) is 0 Å². The van der Waals surface area contributed by atoms with Crippen LogP contribution in [0.3, 0.4) is 0 Å². The number of rotatable bonds is 2. The lowest BCUT2D eigenvalue weighted by Gasteiger charge is -2.19. The molecule has 0 radical (unpaired) electrons. The molecule has 0 atom stereocenters. The Bertz CT molecular complexity index is 667. The van der Waals surface area contributed by atoms with Crippen LogP contribution in [0.5, 0.6) is 0 Å². The van der Waals surface area contributed by atoms with Crippen LogP contribution in [0.4, 0.5) is 0 Å². The third kappa shape index (κ3) is 2.91. The van der Waals surface area contributed by atoms with Crippen molar-refractivity contribution in [3.63, 3.8) is 0 Å². The monoisotopic (exact) mass is 287 g/mol. The van der Waals surface area contributed by atoms with Crippen molar-refractivity contribution in [2.45, 2.75) is 33.1 Å². The van der Waals surface area contributed by atoms with Gasteiger partial charge in [0.1, 0.15) is 12.7 Å². The molecule has 7 nitrogen and oxygen atoms in total. The van der Waals surface area contributed by atoms with Gasteiger partial charge in [-0.1, -0.05) is 5.16 Å². The number of fused-ring (bicyclic) bond motifs is 1. The van der Waals surface area contributed by atoms with Gasteiger partial charge in [-0.25, -0.2) is 9.97 Å². The van der Waals surface area contributed by atoms with E-state index < -0.39 is 0 Å². The second-order valence-corrected chi connectivity index (χ2v) is 5.18. The third-order valence-electron chi connectivity index (χ3n) is 3.73. The van der Waals surface area contributed by atoms with Crippen LogP contribution in [0, 0.1) is 13.8 Å². The molecule has 0 aliphatic carbocycles. The minimum absolute atomic E-state index is 0.0112. The molecular formula is C14H17N5O2. The summed E-state index contributed by atoms with van der Waals surface area (Å²) in [5.41, 5.74) is 3.22. The Labute approximate surface area is 122 Å². The van der Waals surface area contributed by atoms with E-state index in [1.54, 1.807) is 13.3 Å². The van der Waals surface area contributed by atoms with E-state index in [0.717, 1.165) is 24.2 Å². The van der Waals surface area contributed by atoms with Crippen molar-refractivity contribution in [2.75, 3.05) is 13.1 Å². The summed E-state index contributed by atoms with van der Waals surface area (Å²) in [6.07, 6.45) is 3.29. The molecule has 0 N–H and O–H groups in total. The van der Waals surface area contributed by atoms with E-state index in [-0.39, 0.29) is 12.3 Å². The number of aryl methyl sites for hydroxylation is 2. The number of hydrogen-bond donors (Lipinski definition) is 0. The molecule has 1 amide bonds. The number of amides is 1. The number of hydrogen-bond acceptors (Lipinski definition) is 6. The average molecular weight is 287 g/mol. The average Bonchev–Trinajstić information content (AvgIpc) is 2.74. The van der Waals surface area contributed by atoms with Gasteiger partial charge in [-0.05, 0) is 25.8 Å². The molecule has 2 aromatic heterocycles. The smallest absolute Gasteiger partial charge is 0.236 e. The predicted molar refractivity (Wildman–Crippen MR) is 73.5 cm³/mol. The topological polar surface area (TPSA) is 85.0 Å². The third-order valence-corrected chi connectivity index (χ3v) is 3.73. The summed E-state index contributed by atoms with van der Waals surface area (Å²) in [6.45, 7) is 5.06. The molecule has 21 heavy (non-hydrogen) atoms. The first-order valence-corrected chi connectivity index (χ1v) is 7.00. The van der Waals surface area contributed by atoms with Crippen LogP contribution in [-0.2, 0) is 24.1 Å². The van der Waals surface area contributed by atoms with Crippen molar-refractivity contribution in [1.29, 1.82) is 0 Å². The number of carbonyl (C=O) groups is 1. The van der Waals surface area contributed by atoms with E-state index in [4.69, 9.17) is 4.52 Å². The highest BCUT2D eigenvalue weighted by Crippen LogP contribution is 2.16. The molecule has 110 valence electrons. The van der Waals surface area contributed by atoms with Crippen molar-refractivity contribution < 1.29 is 9.32 Å². The van der Waals surface area contributed by atoms with Crippen LogP contribution in [0.1, 0.15) is 28.7 Å². The van der Waals surface area contributed by atoms with Crippen molar-refractivity contribution >= 4 is 5.91 Å². The van der Waals surface area contributed by atoms with Crippen molar-refractivity contribution in [2.24, 2.45) is 0 Å². The number of carbonyl (C=O) groups excluding carboxylic acids is 1. The van der Waals surface area contributed by atoms with Gasteiger partial charge in [0, 0.05) is 30.9 Å². The Hall–Kier alpha value is -2.31. The standard InChI is InChI=1S/C14H17N5O2/c1-9-11-3-5-19(6-4-12(11)16-8-15-9)14(20)7-13-17-10(2)18-21-13/h8H,3-7H2,1-2H3. The van der Waals surface area contributed by atoms with Crippen molar-refractivity contribution in [3.8, 4) is 0 Å². The fraction of sp³-hybridized carbons (Fsp3) is 0.500. The summed E-state index contributed by atoms with van der Waals surface area (Å²) >= 11 is 0. The minimum atomic E-state index is 0.0112. The molecule has 2 aromatic rings. The lowest BCUT2D eigenvalue weighted by molar-refractivity contribution is -0.130. The lowest BCUT2D eigenvalue weighted by Crippen LogP contribution is -2.34. The fourth-order valence-electron chi connectivity index (χ4n) is 2.59. The Kier molecular flexibility index (Phi) is 3.64. The van der Waals surface area contributed by atoms with Gasteiger partial charge < -0.3 is 9.42 Å². The fourth-order valence-corrected chi connectivity index (χ4v) is 2.59. The molecular weight excluding hydrogens is 270 g/mol. The molecule has 0 saturated heterocycles. The Morgan fingerprint density at radius 1 is 1.29 bits per heavy atom. The van der Waals surface area contributed by atoms with E-state index in [1.807, 2.05) is 11.8 Å². The zero-order valence-electron chi connectivity index (χ0n) is 12.2. The minimum Gasteiger partial charge on any atom is -0.342 e. The molecule has 3 rings (SSSR count). The quantitative estimate of drug-likeness (QED) is 0.806. The molecule has 0 bridgehead atoms. The van der Waals surface area contributed by atoms with Crippen LogP contribution in [-0.4, -0.2) is 44.0 Å². The van der Waals surface area contributed by atoms with E-state index in [2.05, 4.69) is 20.1 Å². The Morgan fingerprint density at radius 3 is 2.86 bits per heavy atom. The first-order valence-electron chi connectivity index (χ1n) is 7.00. The normalized spacial score (nSPS) is 14.7. The van der Waals surface area contributed by atoms with E-state index in [1.165, 1.54) is 5.56 Å². The van der Waals surface area contributed by atoms with Crippen LogP contribution < -0.4 is 0 Å². The molecule has 0 spiro atoms. The summed E-state index contributed by atoms with van der Waals surface area (Å²) in [7, 11) is 0. The predicted octanol–water partition coefficient (Wildman–Crippen LogP) is 0.646. The van der Waals surface area contributed by atoms with Crippen molar-refractivity contribution in [1.82, 2.24) is 25.0 Å². The van der Waals surface area contributed by atoms with Gasteiger partial charge in [0.2, 0.25) is 11.8 Å². The molecule has 0 unspecified atom stereocenters. The maximum atomic E-state index is 12.3. The van der Waals surface area contributed by atoms with Crippen LogP contribution in [0.2, 0.25) is 0 Å². The first kappa shape index (κ1) is 13.7. The maximum Gasteiger partial charge on any atom is 0.236 e. The highest BCUT2D eigenvalue weighted by molar-refractivity contribution is 5.77. The molecule has 0 saturated carbocycles. The molecule has 7 heteroatoms. The van der Waals surface area contributed by atoms with Gasteiger partial charge in [0.25, 0.3) is 0 Å². The van der Waals surface area contributed by atoms with E-state index >= 15 is 0 Å². The van der Waals surface area contributed by atoms with Gasteiger partial charge in [0.05, 0.1) is 0 Å². The summed E-state index contributed by atoms with van der Waals surface area (Å²) in [4.78, 5) is 26.8. The SMILES string of the molecule is Cc1noc(CC(=O)N2CCc3ncnc(C)c3CC2)n1. The zero-order valence-corrected chi connectivity index (χ0v) is 12.2. The molecule has 1 aliphatic rings. The van der Waals surface area contributed by atoms with Crippen LogP contribution in [0.25, 0.3) is 0 Å². The molecule has 1 aliphatic heterocycles. The van der Waals surface area contributed by atoms with Gasteiger partial charge in [-0.3, -0.25) is 4.79 Å². The van der Waals surface area contributed by atoms with E-state index in [0.29, 0.717) is 24.8 Å². The zero-order chi connectivity index (χ0) is 14.8. The highest BCUT2D eigenvalue weighted by atomic mass is 16.5. The van der Waals surface area contributed by atoms with Gasteiger partial charge in [0.15, 0.2) is 5.82 Å². The summed E-state index contributed by atoms with van der Waals surface area (Å²) in [6, 6.07) is 0. The second-order valence-electron chi connectivity index (χ2n) is 5.18.